The van der Waals surface area contributed by atoms with Gasteiger partial charge in [-0.1, -0.05) is 26.2 Å². The van der Waals surface area contributed by atoms with Crippen molar-refractivity contribution in [2.75, 3.05) is 32.7 Å². The fourth-order valence-electron chi connectivity index (χ4n) is 3.45. The molecule has 114 valence electrons. The van der Waals surface area contributed by atoms with Gasteiger partial charge in [0.15, 0.2) is 0 Å². The van der Waals surface area contributed by atoms with E-state index in [1.165, 1.54) is 6.42 Å². The van der Waals surface area contributed by atoms with Gasteiger partial charge in [0, 0.05) is 31.6 Å². The molecule has 0 atom stereocenters. The molecule has 2 rings (SSSR count). The predicted molar refractivity (Wildman–Crippen MR) is 76.5 cm³/mol. The van der Waals surface area contributed by atoms with Gasteiger partial charge in [0.25, 0.3) is 0 Å². The van der Waals surface area contributed by atoms with Crippen LogP contribution in [0.1, 0.15) is 45.4 Å². The van der Waals surface area contributed by atoms with E-state index in [1.54, 1.807) is 0 Å². The van der Waals surface area contributed by atoms with Crippen molar-refractivity contribution in [2.45, 2.75) is 45.4 Å². The summed E-state index contributed by atoms with van der Waals surface area (Å²) >= 11 is 0. The summed E-state index contributed by atoms with van der Waals surface area (Å²) < 4.78 is 0. The molecule has 2 fully saturated rings. The first kappa shape index (κ1) is 15.3. The molecular formula is C15H26N2O3. The lowest BCUT2D eigenvalue weighted by molar-refractivity contribution is -0.143. The second kappa shape index (κ2) is 6.57. The molecule has 0 unspecified atom stereocenters. The SMILES string of the molecule is CC1(C(=O)N2CCCN(CC(=O)O)CC2)CCCCC1. The lowest BCUT2D eigenvalue weighted by Gasteiger charge is -2.36. The van der Waals surface area contributed by atoms with E-state index in [1.807, 2.05) is 9.80 Å². The molecule has 0 aromatic rings. The molecule has 5 heteroatoms. The maximum Gasteiger partial charge on any atom is 0.317 e. The summed E-state index contributed by atoms with van der Waals surface area (Å²) in [5.41, 5.74) is -0.180. The van der Waals surface area contributed by atoms with Crippen molar-refractivity contribution in [1.29, 1.82) is 0 Å². The molecule has 1 N–H and O–H groups in total. The Morgan fingerprint density at radius 1 is 1.00 bits per heavy atom. The summed E-state index contributed by atoms with van der Waals surface area (Å²) in [5, 5.41) is 8.86. The maximum atomic E-state index is 12.7. The number of hydrogen-bond acceptors (Lipinski definition) is 3. The van der Waals surface area contributed by atoms with E-state index in [0.717, 1.165) is 45.2 Å². The average molecular weight is 282 g/mol. The molecule has 0 aromatic heterocycles. The Bertz CT molecular complexity index is 364. The quantitative estimate of drug-likeness (QED) is 0.853. The van der Waals surface area contributed by atoms with Crippen LogP contribution in [0.2, 0.25) is 0 Å². The predicted octanol–water partition coefficient (Wildman–Crippen LogP) is 1.58. The average Bonchev–Trinajstić information content (AvgIpc) is 2.63. The van der Waals surface area contributed by atoms with Crippen molar-refractivity contribution in [1.82, 2.24) is 9.80 Å². The molecule has 0 bridgehead atoms. The molecule has 1 aliphatic heterocycles. The second-order valence-corrected chi connectivity index (χ2v) is 6.44. The highest BCUT2D eigenvalue weighted by molar-refractivity contribution is 5.82. The van der Waals surface area contributed by atoms with Gasteiger partial charge in [-0.25, -0.2) is 0 Å². The van der Waals surface area contributed by atoms with Crippen molar-refractivity contribution in [3.8, 4) is 0 Å². The van der Waals surface area contributed by atoms with Crippen LogP contribution >= 0.6 is 0 Å². The van der Waals surface area contributed by atoms with Gasteiger partial charge in [0.2, 0.25) is 5.91 Å². The third kappa shape index (κ3) is 3.72. The highest BCUT2D eigenvalue weighted by atomic mass is 16.4. The molecule has 0 radical (unpaired) electrons. The monoisotopic (exact) mass is 282 g/mol. The van der Waals surface area contributed by atoms with Crippen molar-refractivity contribution >= 4 is 11.9 Å². The van der Waals surface area contributed by atoms with Gasteiger partial charge in [-0.05, 0) is 19.3 Å². The fourth-order valence-corrected chi connectivity index (χ4v) is 3.45. The van der Waals surface area contributed by atoms with Crippen LogP contribution in [0.25, 0.3) is 0 Å². The molecule has 20 heavy (non-hydrogen) atoms. The minimum absolute atomic E-state index is 0.0826. The summed E-state index contributed by atoms with van der Waals surface area (Å²) in [6.45, 7) is 5.07. The molecule has 0 aromatic carbocycles. The van der Waals surface area contributed by atoms with E-state index in [0.29, 0.717) is 13.1 Å². The first-order valence-electron chi connectivity index (χ1n) is 7.75. The van der Waals surface area contributed by atoms with Crippen molar-refractivity contribution in [3.05, 3.63) is 0 Å². The number of carbonyl (C=O) groups excluding carboxylic acids is 1. The number of aliphatic carboxylic acids is 1. The van der Waals surface area contributed by atoms with E-state index in [2.05, 4.69) is 6.92 Å². The first-order valence-corrected chi connectivity index (χ1v) is 7.75. The van der Waals surface area contributed by atoms with Crippen molar-refractivity contribution in [3.63, 3.8) is 0 Å². The van der Waals surface area contributed by atoms with Gasteiger partial charge in [0.05, 0.1) is 6.54 Å². The fraction of sp³-hybridized carbons (Fsp3) is 0.867. The van der Waals surface area contributed by atoms with E-state index in [4.69, 9.17) is 5.11 Å². The van der Waals surface area contributed by atoms with E-state index < -0.39 is 5.97 Å². The Labute approximate surface area is 120 Å². The van der Waals surface area contributed by atoms with Crippen LogP contribution in [0.3, 0.4) is 0 Å². The molecule has 1 aliphatic carbocycles. The summed E-state index contributed by atoms with van der Waals surface area (Å²) in [5.74, 6) is -0.501. The lowest BCUT2D eigenvalue weighted by Crippen LogP contribution is -2.45. The van der Waals surface area contributed by atoms with Gasteiger partial charge in [-0.2, -0.15) is 0 Å². The number of carboxylic acid groups (broad SMARTS) is 1. The molecule has 1 saturated carbocycles. The Morgan fingerprint density at radius 2 is 1.70 bits per heavy atom. The van der Waals surface area contributed by atoms with Crippen molar-refractivity contribution in [2.24, 2.45) is 5.41 Å². The van der Waals surface area contributed by atoms with Gasteiger partial charge in [0.1, 0.15) is 0 Å². The van der Waals surface area contributed by atoms with Gasteiger partial charge < -0.3 is 10.0 Å². The standard InChI is InChI=1S/C15H26N2O3/c1-15(6-3-2-4-7-15)14(20)17-9-5-8-16(10-11-17)12-13(18)19/h2-12H2,1H3,(H,18,19). The third-order valence-electron chi connectivity index (χ3n) is 4.71. The minimum Gasteiger partial charge on any atom is -0.480 e. The molecular weight excluding hydrogens is 256 g/mol. The summed E-state index contributed by atoms with van der Waals surface area (Å²) in [4.78, 5) is 27.4. The van der Waals surface area contributed by atoms with Crippen LogP contribution in [0.15, 0.2) is 0 Å². The van der Waals surface area contributed by atoms with E-state index in [-0.39, 0.29) is 17.9 Å². The summed E-state index contributed by atoms with van der Waals surface area (Å²) in [6, 6.07) is 0. The third-order valence-corrected chi connectivity index (χ3v) is 4.71. The van der Waals surface area contributed by atoms with E-state index in [9.17, 15) is 9.59 Å². The van der Waals surface area contributed by atoms with Crippen LogP contribution in [0.5, 0.6) is 0 Å². The highest BCUT2D eigenvalue weighted by Gasteiger charge is 2.37. The Balaban J connectivity index is 1.92. The zero-order valence-corrected chi connectivity index (χ0v) is 12.4. The second-order valence-electron chi connectivity index (χ2n) is 6.44. The molecule has 1 amide bonds. The Kier molecular flexibility index (Phi) is 5.02. The molecule has 5 nitrogen and oxygen atoms in total. The van der Waals surface area contributed by atoms with Crippen LogP contribution < -0.4 is 0 Å². The zero-order chi connectivity index (χ0) is 14.6. The maximum absolute atomic E-state index is 12.7. The zero-order valence-electron chi connectivity index (χ0n) is 12.4. The van der Waals surface area contributed by atoms with E-state index >= 15 is 0 Å². The number of nitrogens with zero attached hydrogens (tertiary/aromatic N) is 2. The number of rotatable bonds is 3. The number of carboxylic acids is 1. The number of amides is 1. The normalized spacial score (nSPS) is 24.1. The van der Waals surface area contributed by atoms with Crippen LogP contribution in [-0.4, -0.2) is 59.5 Å². The highest BCUT2D eigenvalue weighted by Crippen LogP contribution is 2.37. The van der Waals surface area contributed by atoms with Gasteiger partial charge >= 0.3 is 5.97 Å². The Hall–Kier alpha value is -1.10. The lowest BCUT2D eigenvalue weighted by atomic mass is 9.74. The van der Waals surface area contributed by atoms with Gasteiger partial charge in [-0.3, -0.25) is 14.5 Å². The number of carbonyl (C=O) groups is 2. The molecule has 1 heterocycles. The summed E-state index contributed by atoms with van der Waals surface area (Å²) in [6.07, 6.45) is 6.43. The van der Waals surface area contributed by atoms with Crippen LogP contribution in [-0.2, 0) is 9.59 Å². The van der Waals surface area contributed by atoms with Gasteiger partial charge in [-0.15, -0.1) is 0 Å². The topological polar surface area (TPSA) is 60.9 Å². The largest absolute Gasteiger partial charge is 0.480 e. The smallest absolute Gasteiger partial charge is 0.317 e. The molecule has 1 saturated heterocycles. The van der Waals surface area contributed by atoms with Crippen LogP contribution in [0, 0.1) is 5.41 Å². The van der Waals surface area contributed by atoms with Crippen LogP contribution in [0.4, 0.5) is 0 Å². The minimum atomic E-state index is -0.788. The molecule has 2 aliphatic rings. The number of hydrogen-bond donors (Lipinski definition) is 1. The molecule has 0 spiro atoms. The Morgan fingerprint density at radius 3 is 2.35 bits per heavy atom. The summed E-state index contributed by atoms with van der Waals surface area (Å²) in [7, 11) is 0. The van der Waals surface area contributed by atoms with Crippen molar-refractivity contribution < 1.29 is 14.7 Å². The first-order chi connectivity index (χ1) is 9.51.